The van der Waals surface area contributed by atoms with Crippen molar-refractivity contribution >= 4 is 23.6 Å². The van der Waals surface area contributed by atoms with Crippen molar-refractivity contribution in [2.45, 2.75) is 6.92 Å². The molecule has 0 saturated carbocycles. The molecule has 2 heterocycles. The number of hydrogen-bond donors (Lipinski definition) is 2. The fourth-order valence-electron chi connectivity index (χ4n) is 1.80. The van der Waals surface area contributed by atoms with Crippen molar-refractivity contribution in [1.29, 1.82) is 0 Å². The average molecular weight is 293 g/mol. The summed E-state index contributed by atoms with van der Waals surface area (Å²) in [5.41, 5.74) is 0.457. The van der Waals surface area contributed by atoms with Gasteiger partial charge in [0.05, 0.1) is 11.3 Å². The minimum atomic E-state index is -1.31. The molecule has 2 aromatic heterocycles. The molecule has 0 unspecified atom stereocenters. The van der Waals surface area contributed by atoms with Crippen molar-refractivity contribution in [3.8, 4) is 0 Å². The predicted octanol–water partition coefficient (Wildman–Crippen LogP) is -0.956. The van der Waals surface area contributed by atoms with Crippen LogP contribution in [0.5, 0.6) is 0 Å². The van der Waals surface area contributed by atoms with Crippen LogP contribution in [-0.4, -0.2) is 65.6 Å². The van der Waals surface area contributed by atoms with E-state index >= 15 is 0 Å². The van der Waals surface area contributed by atoms with Crippen LogP contribution in [0.4, 0.5) is 0 Å². The van der Waals surface area contributed by atoms with Gasteiger partial charge in [0.2, 0.25) is 0 Å². The molecular formula is C11H11N5O5. The van der Waals surface area contributed by atoms with Gasteiger partial charge in [0.1, 0.15) is 19.4 Å². The quantitative estimate of drug-likeness (QED) is 0.719. The van der Waals surface area contributed by atoms with Gasteiger partial charge in [-0.25, -0.2) is 9.50 Å². The van der Waals surface area contributed by atoms with Crippen LogP contribution in [0.2, 0.25) is 0 Å². The molecule has 21 heavy (non-hydrogen) atoms. The number of carboxylic acids is 2. The van der Waals surface area contributed by atoms with E-state index < -0.39 is 30.9 Å². The topological polar surface area (TPSA) is 138 Å². The van der Waals surface area contributed by atoms with E-state index in [1.165, 1.54) is 17.0 Å². The normalized spacial score (nSPS) is 10.5. The van der Waals surface area contributed by atoms with Gasteiger partial charge in [-0.05, 0) is 6.92 Å². The van der Waals surface area contributed by atoms with E-state index in [0.717, 1.165) is 0 Å². The van der Waals surface area contributed by atoms with Gasteiger partial charge in [-0.2, -0.15) is 10.1 Å². The highest BCUT2D eigenvalue weighted by atomic mass is 16.4. The second-order valence-corrected chi connectivity index (χ2v) is 4.18. The van der Waals surface area contributed by atoms with E-state index in [1.807, 2.05) is 0 Å². The third-order valence-electron chi connectivity index (χ3n) is 2.72. The lowest BCUT2D eigenvalue weighted by atomic mass is 10.2. The van der Waals surface area contributed by atoms with Crippen LogP contribution in [-0.2, 0) is 9.59 Å². The standard InChI is InChI=1S/C11H11N5O5/c1-6-7(2-12-11-13-5-14-16(6)11)10(21)15(3-8(17)18)4-9(19)20/h2,5H,3-4H2,1H3,(H,17,18)(H,19,20). The molecule has 0 fully saturated rings. The molecule has 0 aliphatic rings. The number of rotatable bonds is 5. The van der Waals surface area contributed by atoms with E-state index in [4.69, 9.17) is 10.2 Å². The van der Waals surface area contributed by atoms with Gasteiger partial charge in [-0.3, -0.25) is 14.4 Å². The zero-order valence-electron chi connectivity index (χ0n) is 10.9. The number of carboxylic acid groups (broad SMARTS) is 2. The molecule has 0 aliphatic carbocycles. The number of aliphatic carboxylic acids is 2. The van der Waals surface area contributed by atoms with E-state index in [-0.39, 0.29) is 11.3 Å². The summed E-state index contributed by atoms with van der Waals surface area (Å²) >= 11 is 0. The lowest BCUT2D eigenvalue weighted by Gasteiger charge is -2.19. The number of aromatic nitrogens is 4. The van der Waals surface area contributed by atoms with E-state index in [0.29, 0.717) is 10.6 Å². The molecule has 2 aromatic rings. The molecule has 0 aromatic carbocycles. The molecule has 0 aliphatic heterocycles. The van der Waals surface area contributed by atoms with Crippen LogP contribution >= 0.6 is 0 Å². The lowest BCUT2D eigenvalue weighted by molar-refractivity contribution is -0.140. The second-order valence-electron chi connectivity index (χ2n) is 4.18. The number of aryl methyl sites for hydroxylation is 1. The Hall–Kier alpha value is -3.04. The summed E-state index contributed by atoms with van der Waals surface area (Å²) in [5, 5.41) is 21.4. The number of nitrogens with zero attached hydrogens (tertiary/aromatic N) is 5. The molecule has 1 amide bonds. The smallest absolute Gasteiger partial charge is 0.323 e. The highest BCUT2D eigenvalue weighted by Gasteiger charge is 2.24. The van der Waals surface area contributed by atoms with Gasteiger partial charge in [0.25, 0.3) is 11.7 Å². The van der Waals surface area contributed by atoms with Gasteiger partial charge in [0.15, 0.2) is 0 Å². The van der Waals surface area contributed by atoms with Gasteiger partial charge in [-0.1, -0.05) is 0 Å². The van der Waals surface area contributed by atoms with Crippen molar-refractivity contribution in [1.82, 2.24) is 24.5 Å². The maximum atomic E-state index is 12.3. The first-order valence-corrected chi connectivity index (χ1v) is 5.78. The van der Waals surface area contributed by atoms with E-state index in [1.54, 1.807) is 6.92 Å². The maximum absolute atomic E-state index is 12.3. The lowest BCUT2D eigenvalue weighted by Crippen LogP contribution is -2.40. The zero-order chi connectivity index (χ0) is 15.6. The molecule has 10 heteroatoms. The first-order chi connectivity index (χ1) is 9.90. The molecular weight excluding hydrogens is 282 g/mol. The number of hydrogen-bond acceptors (Lipinski definition) is 6. The third kappa shape index (κ3) is 2.94. The molecule has 10 nitrogen and oxygen atoms in total. The van der Waals surface area contributed by atoms with E-state index in [2.05, 4.69) is 15.1 Å². The SMILES string of the molecule is Cc1c(C(=O)N(CC(=O)O)CC(=O)O)cnc2ncnn12. The Kier molecular flexibility index (Phi) is 3.78. The molecule has 2 rings (SSSR count). The average Bonchev–Trinajstić information content (AvgIpc) is 2.86. The van der Waals surface area contributed by atoms with Gasteiger partial charge in [-0.15, -0.1) is 0 Å². The predicted molar refractivity (Wildman–Crippen MR) is 66.7 cm³/mol. The molecule has 110 valence electrons. The number of amides is 1. The van der Waals surface area contributed by atoms with E-state index in [9.17, 15) is 14.4 Å². The van der Waals surface area contributed by atoms with Crippen LogP contribution < -0.4 is 0 Å². The number of carbonyl (C=O) groups excluding carboxylic acids is 1. The molecule has 0 radical (unpaired) electrons. The van der Waals surface area contributed by atoms with Crippen LogP contribution in [0.1, 0.15) is 16.1 Å². The minimum Gasteiger partial charge on any atom is -0.480 e. The largest absolute Gasteiger partial charge is 0.480 e. The summed E-state index contributed by atoms with van der Waals surface area (Å²) in [4.78, 5) is 42.3. The van der Waals surface area contributed by atoms with Gasteiger partial charge in [0, 0.05) is 6.20 Å². The fraction of sp³-hybridized carbons (Fsp3) is 0.273. The second kappa shape index (κ2) is 5.53. The molecule has 0 spiro atoms. The Morgan fingerprint density at radius 3 is 2.38 bits per heavy atom. The Balaban J connectivity index is 2.39. The Morgan fingerprint density at radius 1 is 1.19 bits per heavy atom. The van der Waals surface area contributed by atoms with Crippen molar-refractivity contribution in [2.24, 2.45) is 0 Å². The molecule has 0 saturated heterocycles. The summed E-state index contributed by atoms with van der Waals surface area (Å²) in [5.74, 6) is -3.08. The monoisotopic (exact) mass is 293 g/mol. The Labute approximate surface area is 117 Å². The summed E-state index contributed by atoms with van der Waals surface area (Å²) in [6, 6.07) is 0. The van der Waals surface area contributed by atoms with Crippen LogP contribution in [0.25, 0.3) is 5.78 Å². The summed E-state index contributed by atoms with van der Waals surface area (Å²) in [7, 11) is 0. The first-order valence-electron chi connectivity index (χ1n) is 5.78. The number of carbonyl (C=O) groups is 3. The Bertz CT molecular complexity index is 709. The highest BCUT2D eigenvalue weighted by molar-refractivity contribution is 5.98. The van der Waals surface area contributed by atoms with Crippen molar-refractivity contribution in [2.75, 3.05) is 13.1 Å². The highest BCUT2D eigenvalue weighted by Crippen LogP contribution is 2.10. The van der Waals surface area contributed by atoms with Gasteiger partial charge < -0.3 is 15.1 Å². The van der Waals surface area contributed by atoms with Crippen molar-refractivity contribution in [3.63, 3.8) is 0 Å². The third-order valence-corrected chi connectivity index (χ3v) is 2.72. The van der Waals surface area contributed by atoms with Crippen molar-refractivity contribution in [3.05, 3.63) is 23.8 Å². The molecule has 0 bridgehead atoms. The minimum absolute atomic E-state index is 0.0653. The number of fused-ring (bicyclic) bond motifs is 1. The summed E-state index contributed by atoms with van der Waals surface area (Å²) in [6.45, 7) is 0.135. The fourth-order valence-corrected chi connectivity index (χ4v) is 1.80. The summed E-state index contributed by atoms with van der Waals surface area (Å²) < 4.78 is 1.31. The first kappa shape index (κ1) is 14.4. The maximum Gasteiger partial charge on any atom is 0.323 e. The molecule has 0 atom stereocenters. The summed E-state index contributed by atoms with van der Waals surface area (Å²) in [6.07, 6.45) is 2.48. The molecule has 2 N–H and O–H groups in total. The van der Waals surface area contributed by atoms with Crippen LogP contribution in [0.15, 0.2) is 12.5 Å². The zero-order valence-corrected chi connectivity index (χ0v) is 10.9. The van der Waals surface area contributed by atoms with Gasteiger partial charge >= 0.3 is 11.9 Å². The van der Waals surface area contributed by atoms with Crippen molar-refractivity contribution < 1.29 is 24.6 Å². The van der Waals surface area contributed by atoms with Crippen LogP contribution in [0.3, 0.4) is 0 Å². The Morgan fingerprint density at radius 2 is 1.81 bits per heavy atom. The van der Waals surface area contributed by atoms with Crippen LogP contribution in [0, 0.1) is 6.92 Å².